The van der Waals surface area contributed by atoms with Gasteiger partial charge in [0.2, 0.25) is 5.91 Å². The van der Waals surface area contributed by atoms with Crippen molar-refractivity contribution in [1.82, 2.24) is 9.55 Å². The fourth-order valence-corrected chi connectivity index (χ4v) is 4.03. The van der Waals surface area contributed by atoms with E-state index >= 15 is 0 Å². The minimum atomic E-state index is -0.242. The summed E-state index contributed by atoms with van der Waals surface area (Å²) < 4.78 is 1.65. The first-order valence-corrected chi connectivity index (χ1v) is 9.09. The SMILES string of the molecule is CCc1c(C)nc2n(c1=O)C[C@@H](C(=O)Nc1ccccc1C)CS2. The van der Waals surface area contributed by atoms with Gasteiger partial charge in [-0.05, 0) is 31.9 Å². The molecule has 0 saturated carbocycles. The van der Waals surface area contributed by atoms with Crippen LogP contribution in [-0.2, 0) is 17.8 Å². The van der Waals surface area contributed by atoms with Crippen molar-refractivity contribution < 1.29 is 4.79 Å². The Morgan fingerprint density at radius 1 is 1.38 bits per heavy atom. The van der Waals surface area contributed by atoms with E-state index in [1.807, 2.05) is 45.0 Å². The minimum absolute atomic E-state index is 0.0131. The van der Waals surface area contributed by atoms with Gasteiger partial charge in [-0.25, -0.2) is 4.98 Å². The summed E-state index contributed by atoms with van der Waals surface area (Å²) in [5.41, 5.74) is 3.36. The number of carbonyl (C=O) groups is 1. The molecule has 24 heavy (non-hydrogen) atoms. The second-order valence-electron chi connectivity index (χ2n) is 6.04. The molecular formula is C18H21N3O2S. The molecule has 0 bridgehead atoms. The van der Waals surface area contributed by atoms with E-state index in [4.69, 9.17) is 0 Å². The van der Waals surface area contributed by atoms with Crippen LogP contribution in [0.5, 0.6) is 0 Å². The number of carbonyl (C=O) groups excluding carboxylic acids is 1. The van der Waals surface area contributed by atoms with Crippen LogP contribution in [0.25, 0.3) is 0 Å². The first-order valence-electron chi connectivity index (χ1n) is 8.10. The van der Waals surface area contributed by atoms with Crippen LogP contribution < -0.4 is 10.9 Å². The Balaban J connectivity index is 1.83. The summed E-state index contributed by atoms with van der Waals surface area (Å²) in [5, 5.41) is 3.70. The van der Waals surface area contributed by atoms with E-state index in [0.29, 0.717) is 18.7 Å². The Morgan fingerprint density at radius 3 is 2.83 bits per heavy atom. The van der Waals surface area contributed by atoms with Crippen LogP contribution in [0.3, 0.4) is 0 Å². The van der Waals surface area contributed by atoms with Crippen molar-refractivity contribution in [3.05, 3.63) is 51.4 Å². The Kier molecular flexibility index (Phi) is 4.76. The maximum atomic E-state index is 12.6. The quantitative estimate of drug-likeness (QED) is 0.871. The number of rotatable bonds is 3. The van der Waals surface area contributed by atoms with E-state index in [1.54, 1.807) is 4.57 Å². The zero-order valence-electron chi connectivity index (χ0n) is 14.1. The number of nitrogens with zero attached hydrogens (tertiary/aromatic N) is 2. The number of amides is 1. The van der Waals surface area contributed by atoms with Gasteiger partial charge in [0.1, 0.15) is 0 Å². The zero-order valence-corrected chi connectivity index (χ0v) is 14.9. The van der Waals surface area contributed by atoms with Crippen molar-refractivity contribution in [3.63, 3.8) is 0 Å². The molecule has 1 atom stereocenters. The molecule has 0 spiro atoms. The third-order valence-corrected chi connectivity index (χ3v) is 5.52. The molecule has 126 valence electrons. The van der Waals surface area contributed by atoms with Gasteiger partial charge in [-0.1, -0.05) is 36.9 Å². The number of aryl methyl sites for hydroxylation is 2. The van der Waals surface area contributed by atoms with Crippen molar-refractivity contribution >= 4 is 23.4 Å². The number of anilines is 1. The number of hydrogen-bond acceptors (Lipinski definition) is 4. The van der Waals surface area contributed by atoms with Crippen molar-refractivity contribution in [2.45, 2.75) is 38.9 Å². The Morgan fingerprint density at radius 2 is 2.12 bits per heavy atom. The second kappa shape index (κ2) is 6.81. The van der Waals surface area contributed by atoms with Crippen LogP contribution in [0.1, 0.15) is 23.7 Å². The highest BCUT2D eigenvalue weighted by atomic mass is 32.2. The molecule has 0 aliphatic carbocycles. The lowest BCUT2D eigenvalue weighted by atomic mass is 10.1. The molecule has 1 N–H and O–H groups in total. The number of para-hydroxylation sites is 1. The van der Waals surface area contributed by atoms with Crippen LogP contribution in [0, 0.1) is 19.8 Å². The van der Waals surface area contributed by atoms with Gasteiger partial charge in [-0.15, -0.1) is 0 Å². The number of nitrogens with one attached hydrogen (secondary N) is 1. The van der Waals surface area contributed by atoms with Gasteiger partial charge >= 0.3 is 0 Å². The monoisotopic (exact) mass is 343 g/mol. The van der Waals surface area contributed by atoms with Crippen LogP contribution in [0.15, 0.2) is 34.2 Å². The van der Waals surface area contributed by atoms with Crippen LogP contribution in [0.2, 0.25) is 0 Å². The largest absolute Gasteiger partial charge is 0.326 e. The summed E-state index contributed by atoms with van der Waals surface area (Å²) >= 11 is 1.48. The van der Waals surface area contributed by atoms with E-state index < -0.39 is 0 Å². The van der Waals surface area contributed by atoms with E-state index in [2.05, 4.69) is 10.3 Å². The molecule has 1 amide bonds. The van der Waals surface area contributed by atoms with Gasteiger partial charge in [0.15, 0.2) is 5.16 Å². The molecular weight excluding hydrogens is 322 g/mol. The zero-order chi connectivity index (χ0) is 17.3. The average Bonchev–Trinajstić information content (AvgIpc) is 2.57. The average molecular weight is 343 g/mol. The standard InChI is InChI=1S/C18H21N3O2S/c1-4-14-12(3)19-18-21(17(14)23)9-13(10-24-18)16(22)20-15-8-6-5-7-11(15)2/h5-8,13H,4,9-10H2,1-3H3,(H,20,22)/t13-/m1/s1. The third-order valence-electron chi connectivity index (χ3n) is 4.38. The highest BCUT2D eigenvalue weighted by molar-refractivity contribution is 7.99. The van der Waals surface area contributed by atoms with Crippen molar-refractivity contribution in [3.8, 4) is 0 Å². The van der Waals surface area contributed by atoms with E-state index in [0.717, 1.165) is 27.7 Å². The second-order valence-corrected chi connectivity index (χ2v) is 7.03. The van der Waals surface area contributed by atoms with E-state index in [-0.39, 0.29) is 17.4 Å². The van der Waals surface area contributed by atoms with E-state index in [9.17, 15) is 9.59 Å². The van der Waals surface area contributed by atoms with Crippen LogP contribution in [0.4, 0.5) is 5.69 Å². The van der Waals surface area contributed by atoms with Gasteiger partial charge in [-0.3, -0.25) is 14.2 Å². The van der Waals surface area contributed by atoms with Crippen molar-refractivity contribution in [2.75, 3.05) is 11.1 Å². The molecule has 1 aromatic carbocycles. The van der Waals surface area contributed by atoms with Crippen molar-refractivity contribution in [2.24, 2.45) is 5.92 Å². The van der Waals surface area contributed by atoms with Gasteiger partial charge in [-0.2, -0.15) is 0 Å². The number of aromatic nitrogens is 2. The lowest BCUT2D eigenvalue weighted by Gasteiger charge is -2.25. The van der Waals surface area contributed by atoms with Gasteiger partial charge in [0, 0.05) is 29.2 Å². The maximum absolute atomic E-state index is 12.6. The normalized spacial score (nSPS) is 16.5. The van der Waals surface area contributed by atoms with Gasteiger partial charge in [0.05, 0.1) is 5.92 Å². The molecule has 1 aliphatic heterocycles. The summed E-state index contributed by atoms with van der Waals surface area (Å²) in [6.45, 7) is 6.18. The number of thioether (sulfide) groups is 1. The molecule has 5 nitrogen and oxygen atoms in total. The fourth-order valence-electron chi connectivity index (χ4n) is 2.91. The maximum Gasteiger partial charge on any atom is 0.257 e. The number of hydrogen-bond donors (Lipinski definition) is 1. The Bertz CT molecular complexity index is 845. The topological polar surface area (TPSA) is 64.0 Å². The Labute approximate surface area is 145 Å². The van der Waals surface area contributed by atoms with Gasteiger partial charge < -0.3 is 5.32 Å². The number of benzene rings is 1. The molecule has 2 aromatic rings. The summed E-state index contributed by atoms with van der Waals surface area (Å²) in [4.78, 5) is 29.8. The summed E-state index contributed by atoms with van der Waals surface area (Å²) in [6.07, 6.45) is 0.655. The molecule has 6 heteroatoms. The van der Waals surface area contributed by atoms with E-state index in [1.165, 1.54) is 11.8 Å². The predicted molar refractivity (Wildman–Crippen MR) is 96.6 cm³/mol. The first kappa shape index (κ1) is 16.8. The Hall–Kier alpha value is -2.08. The molecule has 0 saturated heterocycles. The minimum Gasteiger partial charge on any atom is -0.326 e. The molecule has 1 aliphatic rings. The lowest BCUT2D eigenvalue weighted by molar-refractivity contribution is -0.119. The molecule has 0 fully saturated rings. The summed E-state index contributed by atoms with van der Waals surface area (Å²) in [5.74, 6) is 0.344. The molecule has 2 heterocycles. The van der Waals surface area contributed by atoms with Crippen molar-refractivity contribution in [1.29, 1.82) is 0 Å². The third kappa shape index (κ3) is 3.11. The summed E-state index contributed by atoms with van der Waals surface area (Å²) in [7, 11) is 0. The number of fused-ring (bicyclic) bond motifs is 1. The predicted octanol–water partition coefficient (Wildman–Crippen LogP) is 2.78. The van der Waals surface area contributed by atoms with Crippen LogP contribution in [-0.4, -0.2) is 21.2 Å². The molecule has 3 rings (SSSR count). The van der Waals surface area contributed by atoms with Gasteiger partial charge in [0.25, 0.3) is 5.56 Å². The molecule has 0 radical (unpaired) electrons. The van der Waals surface area contributed by atoms with Crippen LogP contribution >= 0.6 is 11.8 Å². The lowest BCUT2D eigenvalue weighted by Crippen LogP contribution is -2.38. The summed E-state index contributed by atoms with van der Waals surface area (Å²) in [6, 6.07) is 7.70. The molecule has 0 unspecified atom stereocenters. The fraction of sp³-hybridized carbons (Fsp3) is 0.389. The first-order chi connectivity index (χ1) is 11.5. The smallest absolute Gasteiger partial charge is 0.257 e. The molecule has 1 aromatic heterocycles. The highest BCUT2D eigenvalue weighted by Gasteiger charge is 2.28. The highest BCUT2D eigenvalue weighted by Crippen LogP contribution is 2.27.